The third-order valence-electron chi connectivity index (χ3n) is 8.22. The molecule has 0 amide bonds. The van der Waals surface area contributed by atoms with Crippen LogP contribution in [0.15, 0.2) is 168 Å². The van der Waals surface area contributed by atoms with Crippen LogP contribution in [0.2, 0.25) is 0 Å². The van der Waals surface area contributed by atoms with Gasteiger partial charge in [-0.25, -0.2) is 0 Å². The van der Waals surface area contributed by atoms with Crippen molar-refractivity contribution in [1.29, 1.82) is 5.41 Å². The number of nitrogens with zero attached hydrogens (tertiary/aromatic N) is 1. The van der Waals surface area contributed by atoms with Gasteiger partial charge in [0.1, 0.15) is 0 Å². The standard InChI is InChI=1S/C40H32N2OS/c1-27(43)14-24-35-34(11-7-12-38(35)41)30-17-21-32(22-18-30)42(31-19-15-29(16-20-31)28-8-3-2-4-9-28)33-23-25-40-37(26-33)36-10-5-6-13-39(36)44-40/h2-26,36,39,41,43H,1H3/b27-14+,35-24-,41-38?. The maximum Gasteiger partial charge on any atom is 0.0891 e. The van der Waals surface area contributed by atoms with Crippen LogP contribution in [0.4, 0.5) is 17.1 Å². The highest BCUT2D eigenvalue weighted by Crippen LogP contribution is 2.50. The van der Waals surface area contributed by atoms with Crippen LogP contribution in [-0.4, -0.2) is 16.1 Å². The number of nitrogens with one attached hydrogen (secondary N) is 1. The molecule has 0 saturated carbocycles. The van der Waals surface area contributed by atoms with Gasteiger partial charge in [-0.15, -0.1) is 11.8 Å². The Bertz CT molecular complexity index is 1900. The van der Waals surface area contributed by atoms with Crippen LogP contribution >= 0.6 is 11.8 Å². The van der Waals surface area contributed by atoms with Crippen LogP contribution in [0.3, 0.4) is 0 Å². The molecule has 0 radical (unpaired) electrons. The zero-order chi connectivity index (χ0) is 30.0. The molecule has 4 heteroatoms. The van der Waals surface area contributed by atoms with E-state index in [1.165, 1.54) is 21.6 Å². The first kappa shape index (κ1) is 27.8. The molecule has 4 aromatic rings. The SMILES string of the molecule is C/C(O)=C\C=C1/C(=N)C=CC=C1c1ccc(N(c2ccc(-c3ccccc3)cc2)c2ccc3c(c2)C2C=CC=CC2S3)cc1. The fourth-order valence-electron chi connectivity index (χ4n) is 6.04. The van der Waals surface area contributed by atoms with Gasteiger partial charge in [0.2, 0.25) is 0 Å². The molecule has 0 saturated heterocycles. The Morgan fingerprint density at radius 2 is 1.43 bits per heavy atom. The largest absolute Gasteiger partial charge is 0.513 e. The van der Waals surface area contributed by atoms with Crippen LogP contribution in [0.25, 0.3) is 16.7 Å². The molecule has 4 aromatic carbocycles. The van der Waals surface area contributed by atoms with E-state index in [0.717, 1.165) is 33.8 Å². The minimum absolute atomic E-state index is 0.210. The predicted molar refractivity (Wildman–Crippen MR) is 187 cm³/mol. The Balaban J connectivity index is 1.29. The summed E-state index contributed by atoms with van der Waals surface area (Å²) in [6, 6.07) is 34.7. The first-order valence-corrected chi connectivity index (χ1v) is 15.7. The monoisotopic (exact) mass is 588 g/mol. The second kappa shape index (κ2) is 11.9. The first-order valence-electron chi connectivity index (χ1n) is 14.8. The van der Waals surface area contributed by atoms with E-state index in [4.69, 9.17) is 5.41 Å². The number of rotatable bonds is 6. The van der Waals surface area contributed by atoms with Crippen molar-refractivity contribution in [2.45, 2.75) is 23.0 Å². The van der Waals surface area contributed by atoms with Crippen LogP contribution in [0.1, 0.15) is 24.0 Å². The second-order valence-electron chi connectivity index (χ2n) is 11.1. The maximum absolute atomic E-state index is 9.74. The first-order chi connectivity index (χ1) is 21.5. The van der Waals surface area contributed by atoms with Gasteiger partial charge in [0, 0.05) is 38.7 Å². The lowest BCUT2D eigenvalue weighted by molar-refractivity contribution is 0.414. The number of aliphatic hydroxyl groups is 1. The number of hydrogen-bond donors (Lipinski definition) is 2. The molecule has 2 unspecified atom stereocenters. The van der Waals surface area contributed by atoms with Gasteiger partial charge in [0.05, 0.1) is 11.5 Å². The van der Waals surface area contributed by atoms with Crippen molar-refractivity contribution in [2.75, 3.05) is 4.90 Å². The molecule has 1 aliphatic heterocycles. The molecule has 3 nitrogen and oxygen atoms in total. The molecule has 0 spiro atoms. The molecule has 1 heterocycles. The van der Waals surface area contributed by atoms with E-state index >= 15 is 0 Å². The summed E-state index contributed by atoms with van der Waals surface area (Å²) in [6.45, 7) is 1.64. The number of aliphatic hydroxyl groups excluding tert-OH is 1. The van der Waals surface area contributed by atoms with Crippen LogP contribution < -0.4 is 4.90 Å². The van der Waals surface area contributed by atoms with Crippen LogP contribution in [0.5, 0.6) is 0 Å². The Kier molecular flexibility index (Phi) is 7.51. The zero-order valence-corrected chi connectivity index (χ0v) is 25.2. The summed E-state index contributed by atoms with van der Waals surface area (Å²) in [5.74, 6) is 0.593. The van der Waals surface area contributed by atoms with Crippen molar-refractivity contribution in [1.82, 2.24) is 0 Å². The van der Waals surface area contributed by atoms with E-state index in [2.05, 4.69) is 120 Å². The fourth-order valence-corrected chi connectivity index (χ4v) is 7.36. The Morgan fingerprint density at radius 1 is 0.773 bits per heavy atom. The lowest BCUT2D eigenvalue weighted by Gasteiger charge is -2.27. The Hall–Kier alpha value is -5.06. The Labute approximate surface area is 263 Å². The van der Waals surface area contributed by atoms with Crippen molar-refractivity contribution in [2.24, 2.45) is 0 Å². The van der Waals surface area contributed by atoms with Crippen molar-refractivity contribution < 1.29 is 5.11 Å². The highest BCUT2D eigenvalue weighted by molar-refractivity contribution is 8.00. The number of thioether (sulfide) groups is 1. The summed E-state index contributed by atoms with van der Waals surface area (Å²) >= 11 is 1.94. The van der Waals surface area contributed by atoms with E-state index < -0.39 is 0 Å². The molecular weight excluding hydrogens is 557 g/mol. The van der Waals surface area contributed by atoms with E-state index in [0.29, 0.717) is 16.9 Å². The molecule has 214 valence electrons. The quantitative estimate of drug-likeness (QED) is 0.220. The van der Waals surface area contributed by atoms with E-state index in [1.807, 2.05) is 36.1 Å². The molecule has 0 bridgehead atoms. The van der Waals surface area contributed by atoms with Gasteiger partial charge in [-0.1, -0.05) is 91.1 Å². The number of benzene rings is 4. The Morgan fingerprint density at radius 3 is 2.16 bits per heavy atom. The molecule has 3 aliphatic rings. The highest BCUT2D eigenvalue weighted by Gasteiger charge is 2.31. The topological polar surface area (TPSA) is 47.3 Å². The lowest BCUT2D eigenvalue weighted by atomic mass is 9.90. The molecule has 44 heavy (non-hydrogen) atoms. The molecular formula is C40H32N2OS. The van der Waals surface area contributed by atoms with Gasteiger partial charge in [-0.05, 0) is 95.4 Å². The van der Waals surface area contributed by atoms with E-state index in [1.54, 1.807) is 19.1 Å². The second-order valence-corrected chi connectivity index (χ2v) is 12.4. The molecule has 2 aliphatic carbocycles. The summed E-state index contributed by atoms with van der Waals surface area (Å²) in [7, 11) is 0. The van der Waals surface area contributed by atoms with Crippen molar-refractivity contribution >= 4 is 40.1 Å². The molecule has 7 rings (SSSR count). The van der Waals surface area contributed by atoms with Gasteiger partial charge in [0.15, 0.2) is 0 Å². The smallest absolute Gasteiger partial charge is 0.0891 e. The van der Waals surface area contributed by atoms with Crippen molar-refractivity contribution in [3.05, 3.63) is 174 Å². The molecule has 0 aromatic heterocycles. The molecule has 2 atom stereocenters. The normalized spacial score (nSPS) is 19.6. The van der Waals surface area contributed by atoms with Gasteiger partial charge < -0.3 is 15.4 Å². The van der Waals surface area contributed by atoms with Crippen LogP contribution in [-0.2, 0) is 0 Å². The molecule has 0 fully saturated rings. The summed E-state index contributed by atoms with van der Waals surface area (Å²) in [4.78, 5) is 3.67. The van der Waals surface area contributed by atoms with Gasteiger partial charge in [-0.2, -0.15) is 0 Å². The summed E-state index contributed by atoms with van der Waals surface area (Å²) in [6.07, 6.45) is 18.1. The van der Waals surface area contributed by atoms with E-state index in [9.17, 15) is 5.11 Å². The van der Waals surface area contributed by atoms with E-state index in [-0.39, 0.29) is 5.76 Å². The average Bonchev–Trinajstić information content (AvgIpc) is 3.43. The number of fused-ring (bicyclic) bond motifs is 3. The third kappa shape index (κ3) is 5.41. The van der Waals surface area contributed by atoms with Gasteiger partial charge in [-0.3, -0.25) is 0 Å². The maximum atomic E-state index is 9.74. The minimum atomic E-state index is 0.210. The summed E-state index contributed by atoms with van der Waals surface area (Å²) in [5.41, 5.74) is 10.2. The summed E-state index contributed by atoms with van der Waals surface area (Å²) < 4.78 is 0. The third-order valence-corrected chi connectivity index (χ3v) is 9.57. The van der Waals surface area contributed by atoms with Crippen molar-refractivity contribution in [3.63, 3.8) is 0 Å². The van der Waals surface area contributed by atoms with Crippen molar-refractivity contribution in [3.8, 4) is 11.1 Å². The summed E-state index contributed by atoms with van der Waals surface area (Å²) in [5, 5.41) is 18.7. The highest BCUT2D eigenvalue weighted by atomic mass is 32.2. The zero-order valence-electron chi connectivity index (χ0n) is 24.4. The fraction of sp³-hybridized carbons (Fsp3) is 0.0750. The number of allylic oxidation sites excluding steroid dienone is 11. The predicted octanol–water partition coefficient (Wildman–Crippen LogP) is 10.9. The lowest BCUT2D eigenvalue weighted by Crippen LogP contribution is -2.11. The number of hydrogen-bond acceptors (Lipinski definition) is 4. The number of anilines is 3. The van der Waals surface area contributed by atoms with Gasteiger partial charge >= 0.3 is 0 Å². The average molecular weight is 589 g/mol. The van der Waals surface area contributed by atoms with Gasteiger partial charge in [0.25, 0.3) is 0 Å². The minimum Gasteiger partial charge on any atom is -0.513 e. The van der Waals surface area contributed by atoms with Crippen LogP contribution in [0, 0.1) is 5.41 Å². The molecule has 2 N–H and O–H groups in total.